The van der Waals surface area contributed by atoms with Gasteiger partial charge in [0.2, 0.25) is 5.91 Å². The van der Waals surface area contributed by atoms with Crippen LogP contribution in [0, 0.1) is 0 Å². The van der Waals surface area contributed by atoms with Crippen LogP contribution in [0.2, 0.25) is 0 Å². The van der Waals surface area contributed by atoms with Crippen LogP contribution >= 0.6 is 0 Å². The van der Waals surface area contributed by atoms with E-state index in [1.54, 1.807) is 0 Å². The van der Waals surface area contributed by atoms with E-state index in [-0.39, 0.29) is 12.0 Å². The maximum absolute atomic E-state index is 12.5. The minimum atomic E-state index is 0.149. The molecule has 3 heterocycles. The van der Waals surface area contributed by atoms with Crippen LogP contribution in [-0.4, -0.2) is 88.2 Å². The third-order valence-corrected chi connectivity index (χ3v) is 5.29. The molecule has 0 spiro atoms. The third kappa shape index (κ3) is 4.59. The van der Waals surface area contributed by atoms with E-state index in [1.807, 2.05) is 24.2 Å². The van der Waals surface area contributed by atoms with E-state index >= 15 is 0 Å². The summed E-state index contributed by atoms with van der Waals surface area (Å²) in [6.45, 7) is 13.7. The largest absolute Gasteiger partial charge is 0.375 e. The second-order valence-electron chi connectivity index (χ2n) is 7.21. The lowest BCUT2D eigenvalue weighted by Gasteiger charge is -2.40. The maximum atomic E-state index is 12.5. The highest BCUT2D eigenvalue weighted by molar-refractivity contribution is 5.78. The van der Waals surface area contributed by atoms with Crippen molar-refractivity contribution in [1.82, 2.24) is 24.3 Å². The Morgan fingerprint density at radius 1 is 1.28 bits per heavy atom. The molecule has 0 N–H and O–H groups in total. The summed E-state index contributed by atoms with van der Waals surface area (Å²) in [6, 6.07) is 0.423. The van der Waals surface area contributed by atoms with Crippen molar-refractivity contribution in [2.75, 3.05) is 45.9 Å². The molecule has 0 saturated carbocycles. The first kappa shape index (κ1) is 18.4. The van der Waals surface area contributed by atoms with Crippen molar-refractivity contribution in [3.63, 3.8) is 0 Å². The number of imidazole rings is 1. The molecule has 2 aliphatic rings. The zero-order valence-electron chi connectivity index (χ0n) is 15.7. The number of hydrogen-bond acceptors (Lipinski definition) is 5. The van der Waals surface area contributed by atoms with Gasteiger partial charge in [-0.15, -0.1) is 0 Å². The Morgan fingerprint density at radius 3 is 2.84 bits per heavy atom. The van der Waals surface area contributed by atoms with Gasteiger partial charge in [0, 0.05) is 57.7 Å². The monoisotopic (exact) mass is 349 g/mol. The van der Waals surface area contributed by atoms with E-state index in [1.165, 1.54) is 0 Å². The number of carbonyl (C=O) groups excluding carboxylic acids is 1. The highest BCUT2D eigenvalue weighted by Gasteiger charge is 2.28. The third-order valence-electron chi connectivity index (χ3n) is 5.29. The molecule has 1 aromatic rings. The standard InChI is InChI=1S/C18H31N5O2/c1-4-21-6-5-19-17(21)13-22-8-7-20(11-15(22)2)14-18(24)23-9-10-25-16(3)12-23/h5-6,15-16H,4,7-14H2,1-3H3/t15-,16-/m1/s1. The van der Waals surface area contributed by atoms with Gasteiger partial charge in [-0.1, -0.05) is 0 Å². The number of aryl methyl sites for hydroxylation is 1. The molecule has 0 bridgehead atoms. The van der Waals surface area contributed by atoms with Gasteiger partial charge >= 0.3 is 0 Å². The molecule has 0 radical (unpaired) electrons. The van der Waals surface area contributed by atoms with E-state index in [0.717, 1.165) is 45.1 Å². The Kier molecular flexibility index (Phi) is 6.09. The van der Waals surface area contributed by atoms with E-state index in [0.29, 0.717) is 25.7 Å². The number of amides is 1. The Bertz CT molecular complexity index is 576. The van der Waals surface area contributed by atoms with Gasteiger partial charge in [0.1, 0.15) is 5.82 Å². The summed E-state index contributed by atoms with van der Waals surface area (Å²) >= 11 is 0. The molecule has 2 atom stereocenters. The van der Waals surface area contributed by atoms with E-state index in [4.69, 9.17) is 4.74 Å². The second-order valence-corrected chi connectivity index (χ2v) is 7.21. The molecule has 1 amide bonds. The number of morpholine rings is 1. The van der Waals surface area contributed by atoms with Crippen LogP contribution in [-0.2, 0) is 22.6 Å². The predicted molar refractivity (Wildman–Crippen MR) is 96.2 cm³/mol. The van der Waals surface area contributed by atoms with E-state index < -0.39 is 0 Å². The van der Waals surface area contributed by atoms with Crippen molar-refractivity contribution >= 4 is 5.91 Å². The molecular weight excluding hydrogens is 318 g/mol. The van der Waals surface area contributed by atoms with Gasteiger partial charge in [-0.2, -0.15) is 0 Å². The molecule has 140 valence electrons. The van der Waals surface area contributed by atoms with Gasteiger partial charge in [-0.3, -0.25) is 14.6 Å². The molecule has 0 aromatic carbocycles. The molecule has 0 unspecified atom stereocenters. The van der Waals surface area contributed by atoms with Gasteiger partial charge in [-0.05, 0) is 20.8 Å². The van der Waals surface area contributed by atoms with Crippen LogP contribution in [0.3, 0.4) is 0 Å². The van der Waals surface area contributed by atoms with Gasteiger partial charge in [0.05, 0.1) is 25.8 Å². The van der Waals surface area contributed by atoms with Crippen molar-refractivity contribution in [3.8, 4) is 0 Å². The Balaban J connectivity index is 1.49. The van der Waals surface area contributed by atoms with Crippen LogP contribution in [0.15, 0.2) is 12.4 Å². The first-order chi connectivity index (χ1) is 12.1. The first-order valence-electron chi connectivity index (χ1n) is 9.42. The van der Waals surface area contributed by atoms with Crippen molar-refractivity contribution < 1.29 is 9.53 Å². The van der Waals surface area contributed by atoms with Crippen LogP contribution in [0.5, 0.6) is 0 Å². The fourth-order valence-corrected chi connectivity index (χ4v) is 3.75. The van der Waals surface area contributed by atoms with Crippen LogP contribution in [0.1, 0.15) is 26.6 Å². The Hall–Kier alpha value is -1.44. The van der Waals surface area contributed by atoms with Crippen LogP contribution in [0.25, 0.3) is 0 Å². The fourth-order valence-electron chi connectivity index (χ4n) is 3.75. The molecule has 1 aromatic heterocycles. The first-order valence-corrected chi connectivity index (χ1v) is 9.42. The molecule has 2 saturated heterocycles. The second kappa shape index (κ2) is 8.29. The quantitative estimate of drug-likeness (QED) is 0.782. The average Bonchev–Trinajstić information content (AvgIpc) is 3.04. The Labute approximate surface area is 150 Å². The summed E-state index contributed by atoms with van der Waals surface area (Å²) in [7, 11) is 0. The topological polar surface area (TPSA) is 53.8 Å². The number of ether oxygens (including phenoxy) is 1. The Morgan fingerprint density at radius 2 is 2.12 bits per heavy atom. The normalized spacial score (nSPS) is 26.1. The lowest BCUT2D eigenvalue weighted by Crippen LogP contribution is -2.55. The molecule has 2 fully saturated rings. The summed E-state index contributed by atoms with van der Waals surface area (Å²) in [5, 5.41) is 0. The van der Waals surface area contributed by atoms with E-state index in [9.17, 15) is 4.79 Å². The molecule has 7 heteroatoms. The van der Waals surface area contributed by atoms with Crippen molar-refractivity contribution in [1.29, 1.82) is 0 Å². The molecular formula is C18H31N5O2. The molecule has 3 rings (SSSR count). The summed E-state index contributed by atoms with van der Waals surface area (Å²) in [5.74, 6) is 1.36. The van der Waals surface area contributed by atoms with Crippen LogP contribution < -0.4 is 0 Å². The average molecular weight is 349 g/mol. The van der Waals surface area contributed by atoms with Crippen molar-refractivity contribution in [3.05, 3.63) is 18.2 Å². The number of piperazine rings is 1. The zero-order chi connectivity index (χ0) is 17.8. The maximum Gasteiger partial charge on any atom is 0.236 e. The molecule has 7 nitrogen and oxygen atoms in total. The van der Waals surface area contributed by atoms with Crippen LogP contribution in [0.4, 0.5) is 0 Å². The van der Waals surface area contributed by atoms with Crippen molar-refractivity contribution in [2.24, 2.45) is 0 Å². The summed E-state index contributed by atoms with van der Waals surface area (Å²) < 4.78 is 7.72. The van der Waals surface area contributed by atoms with Crippen molar-refractivity contribution in [2.45, 2.75) is 46.0 Å². The number of nitrogens with zero attached hydrogens (tertiary/aromatic N) is 5. The lowest BCUT2D eigenvalue weighted by molar-refractivity contribution is -0.140. The lowest BCUT2D eigenvalue weighted by atomic mass is 10.2. The number of hydrogen-bond donors (Lipinski definition) is 0. The highest BCUT2D eigenvalue weighted by atomic mass is 16.5. The summed E-state index contributed by atoms with van der Waals surface area (Å²) in [6.07, 6.45) is 4.07. The van der Waals surface area contributed by atoms with Gasteiger partial charge in [0.25, 0.3) is 0 Å². The minimum Gasteiger partial charge on any atom is -0.375 e. The number of rotatable bonds is 5. The number of aromatic nitrogens is 2. The predicted octanol–water partition coefficient (Wildman–Crippen LogP) is 0.656. The van der Waals surface area contributed by atoms with Gasteiger partial charge < -0.3 is 14.2 Å². The summed E-state index contributed by atoms with van der Waals surface area (Å²) in [4.78, 5) is 23.7. The number of carbonyl (C=O) groups is 1. The molecule has 25 heavy (non-hydrogen) atoms. The molecule has 2 aliphatic heterocycles. The van der Waals surface area contributed by atoms with Gasteiger partial charge in [0.15, 0.2) is 0 Å². The summed E-state index contributed by atoms with van der Waals surface area (Å²) in [5.41, 5.74) is 0. The fraction of sp³-hybridized carbons (Fsp3) is 0.778. The highest BCUT2D eigenvalue weighted by Crippen LogP contribution is 2.14. The van der Waals surface area contributed by atoms with Gasteiger partial charge in [-0.25, -0.2) is 4.98 Å². The SMILES string of the molecule is CCn1ccnc1CN1CCN(CC(=O)N2CCO[C@H](C)C2)C[C@H]1C. The zero-order valence-corrected chi connectivity index (χ0v) is 15.7. The van der Waals surface area contributed by atoms with E-state index in [2.05, 4.69) is 33.2 Å². The smallest absolute Gasteiger partial charge is 0.236 e. The minimum absolute atomic E-state index is 0.149. The molecule has 0 aliphatic carbocycles.